The first-order valence-corrected chi connectivity index (χ1v) is 14.6. The maximum Gasteiger partial charge on any atom is 0.254 e. The average molecular weight is 575 g/mol. The van der Waals surface area contributed by atoms with Gasteiger partial charge < -0.3 is 24.0 Å². The Labute approximate surface area is 249 Å². The summed E-state index contributed by atoms with van der Waals surface area (Å²) in [6.45, 7) is 10.2. The van der Waals surface area contributed by atoms with Crippen molar-refractivity contribution in [1.82, 2.24) is 29.9 Å². The van der Waals surface area contributed by atoms with Crippen molar-refractivity contribution in [3.05, 3.63) is 71.4 Å². The first-order valence-electron chi connectivity index (χ1n) is 14.6. The number of aryl methyl sites for hydroxylation is 3. The van der Waals surface area contributed by atoms with Crippen LogP contribution in [0.1, 0.15) is 34.6 Å². The molecule has 3 aromatic carbocycles. The minimum absolute atomic E-state index is 0.0652. The van der Waals surface area contributed by atoms with Crippen LogP contribution in [0.2, 0.25) is 0 Å². The molecule has 1 N–H and O–H groups in total. The van der Waals surface area contributed by atoms with Crippen molar-refractivity contribution in [2.45, 2.75) is 33.7 Å². The molecule has 3 aromatic heterocycles. The number of rotatable bonds is 4. The van der Waals surface area contributed by atoms with Gasteiger partial charge in [0.1, 0.15) is 23.0 Å². The number of piperazine rings is 1. The second kappa shape index (κ2) is 10.2. The van der Waals surface area contributed by atoms with Crippen LogP contribution in [-0.4, -0.2) is 75.6 Å². The summed E-state index contributed by atoms with van der Waals surface area (Å²) in [5, 5.41) is 7.90. The van der Waals surface area contributed by atoms with Gasteiger partial charge in [-0.15, -0.1) is 0 Å². The Balaban J connectivity index is 1.43. The number of benzene rings is 3. The molecular weight excluding hydrogens is 540 g/mol. The molecule has 7 rings (SSSR count). The number of amides is 1. The maximum atomic E-state index is 13.8. The number of hydrogen-bond donors (Lipinski definition) is 1. The molecular formula is C34H34N6O3. The van der Waals surface area contributed by atoms with Crippen molar-refractivity contribution in [3.8, 4) is 28.1 Å². The van der Waals surface area contributed by atoms with Gasteiger partial charge in [0.25, 0.3) is 5.91 Å². The molecule has 9 nitrogen and oxygen atoms in total. The largest absolute Gasteiger partial charge is 0.496 e. The molecule has 43 heavy (non-hydrogen) atoms. The highest BCUT2D eigenvalue weighted by molar-refractivity contribution is 6.17. The van der Waals surface area contributed by atoms with E-state index in [0.29, 0.717) is 36.3 Å². The van der Waals surface area contributed by atoms with Crippen molar-refractivity contribution in [2.75, 3.05) is 33.8 Å². The van der Waals surface area contributed by atoms with Crippen LogP contribution in [0.25, 0.3) is 55.1 Å². The van der Waals surface area contributed by atoms with E-state index in [1.165, 1.54) is 0 Å². The Morgan fingerprint density at radius 1 is 1.00 bits per heavy atom. The van der Waals surface area contributed by atoms with Crippen molar-refractivity contribution >= 4 is 38.6 Å². The molecule has 1 fully saturated rings. The van der Waals surface area contributed by atoms with E-state index in [2.05, 4.69) is 41.1 Å². The van der Waals surface area contributed by atoms with E-state index >= 15 is 0 Å². The zero-order valence-electron chi connectivity index (χ0n) is 25.3. The van der Waals surface area contributed by atoms with Crippen molar-refractivity contribution in [1.29, 1.82) is 0 Å². The van der Waals surface area contributed by atoms with E-state index in [0.717, 1.165) is 73.1 Å². The highest BCUT2D eigenvalue weighted by Gasteiger charge is 2.27. The lowest BCUT2D eigenvalue weighted by atomic mass is 9.94. The molecule has 0 radical (unpaired) electrons. The van der Waals surface area contributed by atoms with Gasteiger partial charge in [-0.2, -0.15) is 0 Å². The molecule has 1 amide bonds. The van der Waals surface area contributed by atoms with E-state index in [-0.39, 0.29) is 5.91 Å². The normalized spacial score (nSPS) is 16.0. The van der Waals surface area contributed by atoms with Crippen LogP contribution in [0, 0.1) is 20.8 Å². The molecule has 4 heterocycles. The lowest BCUT2D eigenvalue weighted by molar-refractivity contribution is 0.0574. The summed E-state index contributed by atoms with van der Waals surface area (Å²) in [5.41, 5.74) is 6.74. The van der Waals surface area contributed by atoms with Crippen LogP contribution in [0.15, 0.2) is 53.1 Å². The second-order valence-corrected chi connectivity index (χ2v) is 11.6. The molecule has 218 valence electrons. The Bertz CT molecular complexity index is 2040. The van der Waals surface area contributed by atoms with Crippen LogP contribution in [0.3, 0.4) is 0 Å². The maximum absolute atomic E-state index is 13.8. The van der Waals surface area contributed by atoms with Gasteiger partial charge in [-0.05, 0) is 63.7 Å². The van der Waals surface area contributed by atoms with Crippen LogP contribution in [0.5, 0.6) is 5.75 Å². The third-order valence-corrected chi connectivity index (χ3v) is 8.84. The molecule has 1 saturated heterocycles. The van der Waals surface area contributed by atoms with Crippen LogP contribution >= 0.6 is 0 Å². The first-order chi connectivity index (χ1) is 20.7. The number of nitrogens with one attached hydrogen (secondary N) is 1. The van der Waals surface area contributed by atoms with Gasteiger partial charge in [0, 0.05) is 53.3 Å². The lowest BCUT2D eigenvalue weighted by Gasteiger charge is -2.37. The summed E-state index contributed by atoms with van der Waals surface area (Å²) < 4.78 is 11.4. The molecule has 1 aliphatic heterocycles. The van der Waals surface area contributed by atoms with Crippen LogP contribution in [0.4, 0.5) is 0 Å². The van der Waals surface area contributed by atoms with Gasteiger partial charge in [0.2, 0.25) is 0 Å². The topological polar surface area (TPSA) is 100 Å². The summed E-state index contributed by atoms with van der Waals surface area (Å²) in [5.74, 6) is 2.16. The molecule has 0 unspecified atom stereocenters. The lowest BCUT2D eigenvalue weighted by Crippen LogP contribution is -2.52. The molecule has 1 atom stereocenters. The summed E-state index contributed by atoms with van der Waals surface area (Å²) in [6.07, 6.45) is 0. The molecule has 0 spiro atoms. The zero-order valence-corrected chi connectivity index (χ0v) is 25.3. The number of fused-ring (bicyclic) bond motifs is 4. The Kier molecular flexibility index (Phi) is 6.43. The third kappa shape index (κ3) is 4.34. The Morgan fingerprint density at radius 2 is 1.79 bits per heavy atom. The SMILES string of the molecule is COc1cc2c(cc1-c1c(C)noc1C)[nH]c1nc(C)nc(-c3ccc(C(=O)N4CCN(C)[C@H](C)C4)c4ccccc34)c12. The predicted octanol–water partition coefficient (Wildman–Crippen LogP) is 6.30. The van der Waals surface area contributed by atoms with Gasteiger partial charge >= 0.3 is 0 Å². The Morgan fingerprint density at radius 3 is 2.51 bits per heavy atom. The zero-order chi connectivity index (χ0) is 30.0. The quantitative estimate of drug-likeness (QED) is 0.264. The minimum Gasteiger partial charge on any atom is -0.496 e. The summed E-state index contributed by atoms with van der Waals surface area (Å²) in [6, 6.07) is 16.5. The summed E-state index contributed by atoms with van der Waals surface area (Å²) >= 11 is 0. The van der Waals surface area contributed by atoms with E-state index in [1.807, 2.05) is 62.1 Å². The smallest absolute Gasteiger partial charge is 0.254 e. The van der Waals surface area contributed by atoms with E-state index in [1.54, 1.807) is 7.11 Å². The molecule has 6 aromatic rings. The fourth-order valence-corrected chi connectivity index (χ4v) is 6.46. The van der Waals surface area contributed by atoms with E-state index in [9.17, 15) is 4.79 Å². The van der Waals surface area contributed by atoms with Gasteiger partial charge in [0.05, 0.1) is 29.4 Å². The third-order valence-electron chi connectivity index (χ3n) is 8.84. The number of H-pyrrole nitrogens is 1. The number of aromatic amines is 1. The van der Waals surface area contributed by atoms with Gasteiger partial charge in [0.15, 0.2) is 0 Å². The molecule has 9 heteroatoms. The van der Waals surface area contributed by atoms with Crippen LogP contribution < -0.4 is 4.74 Å². The fraction of sp³-hybridized carbons (Fsp3) is 0.294. The molecule has 0 bridgehead atoms. The Hall–Kier alpha value is -4.76. The van der Waals surface area contributed by atoms with Crippen molar-refractivity contribution in [2.24, 2.45) is 0 Å². The number of carbonyl (C=O) groups is 1. The monoisotopic (exact) mass is 574 g/mol. The first kappa shape index (κ1) is 27.1. The number of nitrogens with zero attached hydrogens (tertiary/aromatic N) is 5. The summed E-state index contributed by atoms with van der Waals surface area (Å²) in [7, 11) is 3.78. The number of likely N-dealkylation sites (N-methyl/N-ethyl adjacent to an activating group) is 1. The molecule has 0 saturated carbocycles. The van der Waals surface area contributed by atoms with Gasteiger partial charge in [-0.25, -0.2) is 9.97 Å². The number of carbonyl (C=O) groups excluding carboxylic acids is 1. The summed E-state index contributed by atoms with van der Waals surface area (Å²) in [4.78, 5) is 31.4. The van der Waals surface area contributed by atoms with E-state index in [4.69, 9.17) is 19.2 Å². The predicted molar refractivity (Wildman–Crippen MR) is 169 cm³/mol. The van der Waals surface area contributed by atoms with Crippen LogP contribution in [-0.2, 0) is 0 Å². The average Bonchev–Trinajstić information content (AvgIpc) is 3.53. The standard InChI is InChI=1S/C34H34N6O3/c1-18-17-40(14-13-39(18)5)34(41)25-12-11-24(22-9-7-8-10-23(22)25)32-31-26-16-29(42-6)27(30-19(2)38-43-20(30)3)15-28(26)37-33(31)36-21(4)35-32/h7-12,15-16,18H,13-14,17H2,1-6H3,(H,35,36,37)/t18-/m1/s1. The van der Waals surface area contributed by atoms with E-state index < -0.39 is 0 Å². The fourth-order valence-electron chi connectivity index (χ4n) is 6.46. The minimum atomic E-state index is 0.0652. The highest BCUT2D eigenvalue weighted by Crippen LogP contribution is 2.42. The van der Waals surface area contributed by atoms with Gasteiger partial charge in [-0.1, -0.05) is 35.5 Å². The van der Waals surface area contributed by atoms with Crippen molar-refractivity contribution in [3.63, 3.8) is 0 Å². The number of hydrogen-bond acceptors (Lipinski definition) is 7. The second-order valence-electron chi connectivity index (χ2n) is 11.6. The number of ether oxygens (including phenoxy) is 1. The number of aromatic nitrogens is 4. The highest BCUT2D eigenvalue weighted by atomic mass is 16.5. The molecule has 0 aliphatic carbocycles. The molecule has 1 aliphatic rings. The number of methoxy groups -OCH3 is 1. The van der Waals surface area contributed by atoms with Gasteiger partial charge in [-0.3, -0.25) is 4.79 Å². The van der Waals surface area contributed by atoms with Crippen molar-refractivity contribution < 1.29 is 14.1 Å².